The first kappa shape index (κ1) is 15.2. The molecule has 2 aromatic carbocycles. The molecule has 0 radical (unpaired) electrons. The first-order valence-corrected chi connectivity index (χ1v) is 7.14. The zero-order valence-electron chi connectivity index (χ0n) is 12.0. The summed E-state index contributed by atoms with van der Waals surface area (Å²) in [5.41, 5.74) is 1.67. The highest BCUT2D eigenvalue weighted by Gasteiger charge is 2.11. The lowest BCUT2D eigenvalue weighted by Crippen LogP contribution is -2.10. The van der Waals surface area contributed by atoms with Gasteiger partial charge in [0.25, 0.3) is 0 Å². The lowest BCUT2D eigenvalue weighted by Gasteiger charge is -2.16. The molecular weight excluding hydrogens is 284 g/mol. The van der Waals surface area contributed by atoms with Crippen molar-refractivity contribution in [3.05, 3.63) is 59.1 Å². The predicted octanol–water partition coefficient (Wildman–Crippen LogP) is 4.80. The van der Waals surface area contributed by atoms with Crippen LogP contribution in [-0.2, 0) is 0 Å². The van der Waals surface area contributed by atoms with Crippen molar-refractivity contribution in [3.63, 3.8) is 0 Å². The Morgan fingerprint density at radius 3 is 2.57 bits per heavy atom. The van der Waals surface area contributed by atoms with Crippen molar-refractivity contribution in [2.75, 3.05) is 5.32 Å². The number of hydrogen-bond donors (Lipinski definition) is 1. The first-order chi connectivity index (χ1) is 10.1. The molecular formula is C17H17ClN2O. The summed E-state index contributed by atoms with van der Waals surface area (Å²) in [7, 11) is 0. The molecule has 0 saturated carbocycles. The van der Waals surface area contributed by atoms with E-state index in [-0.39, 0.29) is 6.10 Å². The van der Waals surface area contributed by atoms with Crippen LogP contribution in [0.3, 0.4) is 0 Å². The maximum atomic E-state index is 9.40. The van der Waals surface area contributed by atoms with Crippen LogP contribution < -0.4 is 10.1 Å². The van der Waals surface area contributed by atoms with Crippen molar-refractivity contribution in [2.24, 2.45) is 0 Å². The Balaban J connectivity index is 2.19. The number of anilines is 1. The van der Waals surface area contributed by atoms with Crippen molar-refractivity contribution in [1.29, 1.82) is 5.26 Å². The van der Waals surface area contributed by atoms with Gasteiger partial charge in [-0.15, -0.1) is 0 Å². The highest BCUT2D eigenvalue weighted by atomic mass is 35.5. The molecule has 0 amide bonds. The van der Waals surface area contributed by atoms with Crippen molar-refractivity contribution < 1.29 is 4.74 Å². The van der Waals surface area contributed by atoms with Gasteiger partial charge in [-0.3, -0.25) is 0 Å². The quantitative estimate of drug-likeness (QED) is 0.862. The molecule has 2 rings (SSSR count). The minimum absolute atomic E-state index is 0.0988. The lowest BCUT2D eigenvalue weighted by atomic mass is 10.1. The number of hydrogen-bond acceptors (Lipinski definition) is 3. The normalized spacial score (nSPS) is 11.8. The van der Waals surface area contributed by atoms with E-state index in [4.69, 9.17) is 16.3 Å². The van der Waals surface area contributed by atoms with Gasteiger partial charge in [0, 0.05) is 10.7 Å². The predicted molar refractivity (Wildman–Crippen MR) is 85.6 cm³/mol. The van der Waals surface area contributed by atoms with Crippen LogP contribution in [0.4, 0.5) is 5.69 Å². The van der Waals surface area contributed by atoms with Crippen LogP contribution in [0, 0.1) is 11.3 Å². The second-order valence-corrected chi connectivity index (χ2v) is 5.39. The van der Waals surface area contributed by atoms with Gasteiger partial charge in [-0.25, -0.2) is 0 Å². The van der Waals surface area contributed by atoms with E-state index in [0.717, 1.165) is 17.0 Å². The third-order valence-electron chi connectivity index (χ3n) is 2.83. The maximum Gasteiger partial charge on any atom is 0.140 e. The standard InChI is InChI=1S/C17H17ClN2O/c1-12(2)21-16-8-3-5-13(9-16)17(11-19)20-15-7-4-6-14(18)10-15/h3-10,12,17,20H,1-2H3. The molecule has 3 nitrogen and oxygen atoms in total. The van der Waals surface area contributed by atoms with E-state index in [1.165, 1.54) is 0 Å². The second-order valence-electron chi connectivity index (χ2n) is 4.96. The molecule has 0 aromatic heterocycles. The fourth-order valence-electron chi connectivity index (χ4n) is 1.97. The molecule has 0 bridgehead atoms. The average molecular weight is 301 g/mol. The Labute approximate surface area is 130 Å². The van der Waals surface area contributed by atoms with Gasteiger partial charge in [0.15, 0.2) is 0 Å². The molecule has 0 aliphatic rings. The molecule has 21 heavy (non-hydrogen) atoms. The summed E-state index contributed by atoms with van der Waals surface area (Å²) in [4.78, 5) is 0. The monoisotopic (exact) mass is 300 g/mol. The molecule has 1 N–H and O–H groups in total. The van der Waals surface area contributed by atoms with Crippen molar-refractivity contribution in [2.45, 2.75) is 26.0 Å². The average Bonchev–Trinajstić information content (AvgIpc) is 2.44. The van der Waals surface area contributed by atoms with E-state index in [1.807, 2.05) is 50.2 Å². The van der Waals surface area contributed by atoms with E-state index in [9.17, 15) is 5.26 Å². The van der Waals surface area contributed by atoms with E-state index >= 15 is 0 Å². The number of rotatable bonds is 5. The van der Waals surface area contributed by atoms with Gasteiger partial charge in [0.1, 0.15) is 11.8 Å². The summed E-state index contributed by atoms with van der Waals surface area (Å²) in [6, 6.07) is 16.7. The van der Waals surface area contributed by atoms with Crippen LogP contribution >= 0.6 is 11.6 Å². The van der Waals surface area contributed by atoms with Gasteiger partial charge in [-0.05, 0) is 49.7 Å². The third-order valence-corrected chi connectivity index (χ3v) is 3.06. The Bertz CT molecular complexity index is 649. The molecule has 2 aromatic rings. The van der Waals surface area contributed by atoms with Crippen molar-refractivity contribution in [1.82, 2.24) is 0 Å². The van der Waals surface area contributed by atoms with Gasteiger partial charge in [0.2, 0.25) is 0 Å². The van der Waals surface area contributed by atoms with E-state index < -0.39 is 6.04 Å². The smallest absolute Gasteiger partial charge is 0.140 e. The van der Waals surface area contributed by atoms with Crippen molar-refractivity contribution in [3.8, 4) is 11.8 Å². The van der Waals surface area contributed by atoms with Crippen molar-refractivity contribution >= 4 is 17.3 Å². The van der Waals surface area contributed by atoms with Crippen LogP contribution in [0.1, 0.15) is 25.5 Å². The summed E-state index contributed by atoms with van der Waals surface area (Å²) >= 11 is 5.96. The molecule has 1 atom stereocenters. The largest absolute Gasteiger partial charge is 0.491 e. The topological polar surface area (TPSA) is 45.0 Å². The summed E-state index contributed by atoms with van der Waals surface area (Å²) in [6.07, 6.45) is 0.0988. The Kier molecular flexibility index (Phi) is 5.08. The highest BCUT2D eigenvalue weighted by molar-refractivity contribution is 6.30. The van der Waals surface area contributed by atoms with Gasteiger partial charge >= 0.3 is 0 Å². The summed E-state index contributed by atoms with van der Waals surface area (Å²) < 4.78 is 5.66. The molecule has 0 fully saturated rings. The second kappa shape index (κ2) is 7.01. The molecule has 0 spiro atoms. The molecule has 0 aliphatic heterocycles. The minimum atomic E-state index is -0.459. The van der Waals surface area contributed by atoms with Gasteiger partial charge in [0.05, 0.1) is 12.2 Å². The first-order valence-electron chi connectivity index (χ1n) is 6.77. The molecule has 108 valence electrons. The number of nitrogens with zero attached hydrogens (tertiary/aromatic N) is 1. The van der Waals surface area contributed by atoms with E-state index in [2.05, 4.69) is 11.4 Å². The van der Waals surface area contributed by atoms with Crippen LogP contribution in [0.2, 0.25) is 5.02 Å². The number of halogens is 1. The Hall–Kier alpha value is -2.18. The molecule has 4 heteroatoms. The highest BCUT2D eigenvalue weighted by Crippen LogP contribution is 2.24. The number of nitriles is 1. The summed E-state index contributed by atoms with van der Waals surface area (Å²) in [6.45, 7) is 3.94. The minimum Gasteiger partial charge on any atom is -0.491 e. The fourth-order valence-corrected chi connectivity index (χ4v) is 2.16. The Morgan fingerprint density at radius 1 is 1.14 bits per heavy atom. The van der Waals surface area contributed by atoms with Crippen LogP contribution in [-0.4, -0.2) is 6.10 Å². The maximum absolute atomic E-state index is 9.40. The van der Waals surface area contributed by atoms with Gasteiger partial charge in [-0.2, -0.15) is 5.26 Å². The van der Waals surface area contributed by atoms with Crippen LogP contribution in [0.25, 0.3) is 0 Å². The van der Waals surface area contributed by atoms with Crippen LogP contribution in [0.15, 0.2) is 48.5 Å². The third kappa shape index (κ3) is 4.40. The summed E-state index contributed by atoms with van der Waals surface area (Å²) in [5, 5.41) is 13.2. The lowest BCUT2D eigenvalue weighted by molar-refractivity contribution is 0.242. The molecule has 0 heterocycles. The zero-order chi connectivity index (χ0) is 15.2. The molecule has 0 saturated heterocycles. The van der Waals surface area contributed by atoms with Gasteiger partial charge in [-0.1, -0.05) is 29.8 Å². The van der Waals surface area contributed by atoms with E-state index in [0.29, 0.717) is 5.02 Å². The zero-order valence-corrected chi connectivity index (χ0v) is 12.8. The number of nitrogens with one attached hydrogen (secondary N) is 1. The number of benzene rings is 2. The fraction of sp³-hybridized carbons (Fsp3) is 0.235. The van der Waals surface area contributed by atoms with Gasteiger partial charge < -0.3 is 10.1 Å². The Morgan fingerprint density at radius 2 is 1.90 bits per heavy atom. The molecule has 1 unspecified atom stereocenters. The molecule has 0 aliphatic carbocycles. The summed E-state index contributed by atoms with van der Waals surface area (Å²) in [5.74, 6) is 0.760. The SMILES string of the molecule is CC(C)Oc1cccc(C(C#N)Nc2cccc(Cl)c2)c1. The van der Waals surface area contributed by atoms with Crippen LogP contribution in [0.5, 0.6) is 5.75 Å². The number of ether oxygens (including phenoxy) is 1. The van der Waals surface area contributed by atoms with E-state index in [1.54, 1.807) is 12.1 Å².